The van der Waals surface area contributed by atoms with Gasteiger partial charge in [-0.3, -0.25) is 4.90 Å². The molecule has 4 nitrogen and oxygen atoms in total. The van der Waals surface area contributed by atoms with Gasteiger partial charge in [0.1, 0.15) is 11.4 Å². The Morgan fingerprint density at radius 2 is 2.05 bits per heavy atom. The molecule has 0 aromatic carbocycles. The third-order valence-corrected chi connectivity index (χ3v) is 6.62. The van der Waals surface area contributed by atoms with Crippen LogP contribution in [-0.4, -0.2) is 32.0 Å². The van der Waals surface area contributed by atoms with Crippen molar-refractivity contribution >= 4 is 27.3 Å². The summed E-state index contributed by atoms with van der Waals surface area (Å²) in [6.45, 7) is 0. The number of piperidine rings is 1. The Balaban J connectivity index is 1.50. The van der Waals surface area contributed by atoms with E-state index in [1.54, 1.807) is 11.3 Å². The van der Waals surface area contributed by atoms with Crippen LogP contribution < -0.4 is 0 Å². The maximum absolute atomic E-state index is 4.41. The van der Waals surface area contributed by atoms with E-state index in [1.807, 2.05) is 0 Å². The van der Waals surface area contributed by atoms with E-state index < -0.39 is 0 Å². The molecule has 2 aromatic rings. The van der Waals surface area contributed by atoms with E-state index in [1.165, 1.54) is 30.6 Å². The molecule has 0 radical (unpaired) electrons. The van der Waals surface area contributed by atoms with Crippen LogP contribution in [0.2, 0.25) is 0 Å². The van der Waals surface area contributed by atoms with Crippen molar-refractivity contribution in [3.63, 3.8) is 0 Å². The highest BCUT2D eigenvalue weighted by molar-refractivity contribution is 9.11. The minimum absolute atomic E-state index is 0.186. The van der Waals surface area contributed by atoms with Gasteiger partial charge in [0, 0.05) is 24.9 Å². The highest BCUT2D eigenvalue weighted by Crippen LogP contribution is 2.61. The second-order valence-corrected chi connectivity index (χ2v) is 8.30. The van der Waals surface area contributed by atoms with E-state index in [-0.39, 0.29) is 5.66 Å². The molecule has 3 aliphatic rings. The van der Waals surface area contributed by atoms with Gasteiger partial charge < -0.3 is 0 Å². The number of rotatable bonds is 2. The molecule has 0 spiro atoms. The van der Waals surface area contributed by atoms with Gasteiger partial charge in [-0.25, -0.2) is 4.68 Å². The topological polar surface area (TPSA) is 34.0 Å². The first-order valence-electron chi connectivity index (χ1n) is 6.73. The summed E-state index contributed by atoms with van der Waals surface area (Å²) in [5.74, 6) is 0. The number of hydrogen-bond donors (Lipinski definition) is 0. The third kappa shape index (κ3) is 1.27. The fraction of sp³-hybridized carbons (Fsp3) is 0.538. The maximum Gasteiger partial charge on any atom is 0.123 e. The van der Waals surface area contributed by atoms with Gasteiger partial charge >= 0.3 is 0 Å². The zero-order chi connectivity index (χ0) is 12.6. The van der Waals surface area contributed by atoms with Crippen LogP contribution in [0.1, 0.15) is 25.7 Å². The normalized spacial score (nSPS) is 35.8. The van der Waals surface area contributed by atoms with E-state index in [0.29, 0.717) is 0 Å². The van der Waals surface area contributed by atoms with Crippen LogP contribution in [-0.2, 0) is 5.66 Å². The van der Waals surface area contributed by atoms with Crippen LogP contribution >= 0.6 is 27.3 Å². The van der Waals surface area contributed by atoms with Gasteiger partial charge in [-0.15, -0.1) is 16.4 Å². The van der Waals surface area contributed by atoms with Crippen molar-refractivity contribution in [2.45, 2.75) is 43.4 Å². The first kappa shape index (κ1) is 11.0. The van der Waals surface area contributed by atoms with Crippen molar-refractivity contribution in [3.05, 3.63) is 22.1 Å². The standard InChI is InChI=1S/C13H13BrN4S/c14-12-4-3-11(19-12)10-7-17(16-15-10)13-5-8-1-2-9(6-13)18(8)13/h3-4,7-9H,1-2,5-6H2/t8-,9+,13?. The molecule has 0 N–H and O–H groups in total. The highest BCUT2D eigenvalue weighted by Gasteiger charge is 2.67. The fourth-order valence-electron chi connectivity index (χ4n) is 4.20. The van der Waals surface area contributed by atoms with E-state index in [0.717, 1.165) is 21.6 Å². The van der Waals surface area contributed by atoms with Gasteiger partial charge in [0.25, 0.3) is 0 Å². The van der Waals surface area contributed by atoms with Crippen molar-refractivity contribution < 1.29 is 0 Å². The van der Waals surface area contributed by atoms with Crippen LogP contribution in [0.15, 0.2) is 22.1 Å². The fourth-order valence-corrected chi connectivity index (χ4v) is 5.54. The molecular weight excluding hydrogens is 324 g/mol. The second kappa shape index (κ2) is 3.48. The Labute approximate surface area is 123 Å². The molecule has 19 heavy (non-hydrogen) atoms. The summed E-state index contributed by atoms with van der Waals surface area (Å²) >= 11 is 5.21. The van der Waals surface area contributed by atoms with Crippen molar-refractivity contribution in [1.29, 1.82) is 0 Å². The summed E-state index contributed by atoms with van der Waals surface area (Å²) in [7, 11) is 0. The second-order valence-electron chi connectivity index (χ2n) is 5.84. The molecular formula is C13H13BrN4S. The smallest absolute Gasteiger partial charge is 0.123 e. The average molecular weight is 337 g/mol. The molecule has 3 fully saturated rings. The molecule has 5 heterocycles. The lowest BCUT2D eigenvalue weighted by molar-refractivity contribution is -0.225. The van der Waals surface area contributed by atoms with Crippen LogP contribution in [0.3, 0.4) is 0 Å². The largest absolute Gasteiger partial charge is 0.273 e. The van der Waals surface area contributed by atoms with E-state index in [4.69, 9.17) is 0 Å². The quantitative estimate of drug-likeness (QED) is 0.845. The van der Waals surface area contributed by atoms with Crippen molar-refractivity contribution in [2.24, 2.45) is 0 Å². The van der Waals surface area contributed by atoms with Crippen molar-refractivity contribution in [1.82, 2.24) is 19.9 Å². The highest BCUT2D eigenvalue weighted by atomic mass is 79.9. The molecule has 3 saturated heterocycles. The lowest BCUT2D eigenvalue weighted by Crippen LogP contribution is -2.75. The SMILES string of the molecule is Brc1ccc(-c2cn(C34C[C@H]5CC[C@@H](C3)N54)nn2)s1. The Morgan fingerprint density at radius 3 is 2.74 bits per heavy atom. The molecule has 5 rings (SSSR count). The monoisotopic (exact) mass is 336 g/mol. The van der Waals surface area contributed by atoms with Gasteiger partial charge in [0.2, 0.25) is 0 Å². The van der Waals surface area contributed by atoms with E-state index in [2.05, 4.69) is 54.2 Å². The molecule has 3 atom stereocenters. The van der Waals surface area contributed by atoms with Crippen LogP contribution in [0.25, 0.3) is 10.6 Å². The lowest BCUT2D eigenvalue weighted by Gasteiger charge is -2.65. The number of hydrogen-bond acceptors (Lipinski definition) is 4. The Morgan fingerprint density at radius 1 is 1.26 bits per heavy atom. The summed E-state index contributed by atoms with van der Waals surface area (Å²) in [6.07, 6.45) is 7.42. The third-order valence-electron chi connectivity index (χ3n) is 4.97. The predicted octanol–water partition coefficient (Wildman–Crippen LogP) is 3.06. The average Bonchev–Trinajstić information content (AvgIpc) is 3.01. The van der Waals surface area contributed by atoms with Crippen LogP contribution in [0, 0.1) is 0 Å². The zero-order valence-electron chi connectivity index (χ0n) is 10.3. The number of thiophene rings is 1. The Bertz CT molecular complexity index is 649. The molecule has 0 bridgehead atoms. The molecule has 2 aromatic heterocycles. The van der Waals surface area contributed by atoms with E-state index in [9.17, 15) is 0 Å². The van der Waals surface area contributed by atoms with Gasteiger partial charge in [0.15, 0.2) is 0 Å². The summed E-state index contributed by atoms with van der Waals surface area (Å²) in [5.41, 5.74) is 1.18. The Kier molecular flexibility index (Phi) is 2.01. The molecule has 6 heteroatoms. The molecule has 0 amide bonds. The van der Waals surface area contributed by atoms with Crippen LogP contribution in [0.4, 0.5) is 0 Å². The summed E-state index contributed by atoms with van der Waals surface area (Å²) in [4.78, 5) is 3.85. The minimum Gasteiger partial charge on any atom is -0.273 e. The summed E-state index contributed by atoms with van der Waals surface area (Å²) in [5, 5.41) is 8.77. The Hall–Kier alpha value is -0.720. The van der Waals surface area contributed by atoms with E-state index >= 15 is 0 Å². The molecule has 3 aliphatic heterocycles. The van der Waals surface area contributed by atoms with Crippen molar-refractivity contribution in [2.75, 3.05) is 0 Å². The summed E-state index contributed by atoms with van der Waals surface area (Å²) < 4.78 is 3.26. The number of halogens is 1. The number of aromatic nitrogens is 3. The first-order valence-corrected chi connectivity index (χ1v) is 8.34. The molecule has 1 unspecified atom stereocenters. The molecule has 0 saturated carbocycles. The minimum atomic E-state index is 0.186. The maximum atomic E-state index is 4.41. The lowest BCUT2D eigenvalue weighted by atomic mass is 9.75. The van der Waals surface area contributed by atoms with Gasteiger partial charge in [-0.1, -0.05) is 5.21 Å². The first-order chi connectivity index (χ1) is 9.26. The number of nitrogens with zero attached hydrogens (tertiary/aromatic N) is 4. The zero-order valence-corrected chi connectivity index (χ0v) is 12.7. The van der Waals surface area contributed by atoms with Gasteiger partial charge in [-0.2, -0.15) is 0 Å². The summed E-state index contributed by atoms with van der Waals surface area (Å²) in [6, 6.07) is 5.81. The van der Waals surface area contributed by atoms with Crippen LogP contribution in [0.5, 0.6) is 0 Å². The van der Waals surface area contributed by atoms with Gasteiger partial charge in [0.05, 0.1) is 14.9 Å². The molecule has 0 aliphatic carbocycles. The van der Waals surface area contributed by atoms with Gasteiger partial charge in [-0.05, 0) is 40.9 Å². The molecule has 98 valence electrons. The van der Waals surface area contributed by atoms with Crippen molar-refractivity contribution in [3.8, 4) is 10.6 Å². The predicted molar refractivity (Wildman–Crippen MR) is 76.9 cm³/mol.